The molecule has 0 radical (unpaired) electrons. The molecule has 0 bridgehead atoms. The molecular weight excluding hydrogens is 432 g/mol. The Kier molecular flexibility index (Phi) is 10.3. The average molecular weight is 473 g/mol. The van der Waals surface area contributed by atoms with Crippen LogP contribution in [0.1, 0.15) is 27.2 Å². The van der Waals surface area contributed by atoms with Gasteiger partial charge < -0.3 is 14.1 Å². The number of hydrogen-bond donors (Lipinski definition) is 0. The van der Waals surface area contributed by atoms with E-state index in [0.717, 1.165) is 6.54 Å². The molecule has 0 unspecified atom stereocenters. The molecule has 0 aromatic heterocycles. The third-order valence-electron chi connectivity index (χ3n) is 5.98. The highest BCUT2D eigenvalue weighted by molar-refractivity contribution is 6.99. The van der Waals surface area contributed by atoms with Crippen LogP contribution in [0.25, 0.3) is 0 Å². The highest BCUT2D eigenvalue weighted by atomic mass is 28.4. The van der Waals surface area contributed by atoms with Crippen LogP contribution >= 0.6 is 0 Å². The lowest BCUT2D eigenvalue weighted by atomic mass is 10.2. The number of hydrogen-bond acceptors (Lipinski definition) is 5. The lowest BCUT2D eigenvalue weighted by molar-refractivity contribution is -0.170. The second-order valence-electron chi connectivity index (χ2n) is 9.44. The summed E-state index contributed by atoms with van der Waals surface area (Å²) in [7, 11) is 4.07. The van der Waals surface area contributed by atoms with Gasteiger partial charge in [-0.25, -0.2) is 5.06 Å². The summed E-state index contributed by atoms with van der Waals surface area (Å²) in [6.45, 7) is 8.72. The number of carbonyl (C=O) groups excluding carboxylic acids is 1. The van der Waals surface area contributed by atoms with Crippen LogP contribution in [0.4, 0.5) is 0 Å². The van der Waals surface area contributed by atoms with Gasteiger partial charge in [0, 0.05) is 27.2 Å². The lowest BCUT2D eigenvalue weighted by Crippen LogP contribution is -2.68. The lowest BCUT2D eigenvalue weighted by Gasteiger charge is -2.45. The van der Waals surface area contributed by atoms with E-state index >= 15 is 0 Å². The molecule has 2 aromatic carbocycles. The zero-order valence-corrected chi connectivity index (χ0v) is 22.2. The number of ether oxygens (including phenoxy) is 1. The summed E-state index contributed by atoms with van der Waals surface area (Å²) < 4.78 is 12.5. The predicted octanol–water partition coefficient (Wildman–Crippen LogP) is 2.92. The van der Waals surface area contributed by atoms with Gasteiger partial charge in [-0.15, -0.1) is 0 Å². The number of carbonyl (C=O) groups is 1. The Hall–Kier alpha value is -2.03. The van der Waals surface area contributed by atoms with E-state index in [-0.39, 0.29) is 23.5 Å². The summed E-state index contributed by atoms with van der Waals surface area (Å²) >= 11 is 0. The third kappa shape index (κ3) is 6.98. The van der Waals surface area contributed by atoms with Gasteiger partial charge in [0.2, 0.25) is 5.91 Å². The van der Waals surface area contributed by atoms with Gasteiger partial charge in [0.05, 0.1) is 26.2 Å². The van der Waals surface area contributed by atoms with E-state index in [4.69, 9.17) is 14.0 Å². The van der Waals surface area contributed by atoms with Crippen LogP contribution < -0.4 is 10.4 Å². The van der Waals surface area contributed by atoms with Crippen LogP contribution in [0.5, 0.6) is 0 Å². The second kappa shape index (κ2) is 12.4. The van der Waals surface area contributed by atoms with Crippen LogP contribution in [0.15, 0.2) is 60.7 Å². The first-order valence-corrected chi connectivity index (χ1v) is 13.3. The van der Waals surface area contributed by atoms with Gasteiger partial charge >= 0.3 is 0 Å². The number of amides is 1. The molecule has 2 aromatic rings. The highest BCUT2D eigenvalue weighted by Crippen LogP contribution is 2.38. The fourth-order valence-electron chi connectivity index (χ4n) is 4.20. The van der Waals surface area contributed by atoms with Gasteiger partial charge in [0.1, 0.15) is 0 Å². The van der Waals surface area contributed by atoms with Crippen molar-refractivity contribution in [3.63, 3.8) is 0 Å². The summed E-state index contributed by atoms with van der Waals surface area (Å²) in [5.41, 5.74) is 0. The number of methoxy groups -OCH3 is 1. The van der Waals surface area contributed by atoms with E-state index < -0.39 is 8.32 Å². The summed E-state index contributed by atoms with van der Waals surface area (Å²) in [6.07, 6.45) is -0.0881. The van der Waals surface area contributed by atoms with Crippen molar-refractivity contribution in [2.45, 2.75) is 38.3 Å². The smallest absolute Gasteiger partial charge is 0.261 e. The fraction of sp³-hybridized carbons (Fsp3) is 0.500. The number of benzene rings is 2. The Balaban J connectivity index is 2.57. The topological polar surface area (TPSA) is 51.2 Å². The van der Waals surface area contributed by atoms with Gasteiger partial charge in [-0.05, 0) is 22.5 Å². The van der Waals surface area contributed by atoms with Crippen molar-refractivity contribution in [1.82, 2.24) is 9.96 Å². The molecular formula is C26H40N2O4Si. The molecule has 6 nitrogen and oxygen atoms in total. The number of rotatable bonds is 12. The van der Waals surface area contributed by atoms with Crippen molar-refractivity contribution in [2.24, 2.45) is 0 Å². The first-order chi connectivity index (χ1) is 15.7. The normalized spacial score (nSPS) is 13.2. The first kappa shape index (κ1) is 27.2. The standard InChI is InChI=1S/C26H40N2O4Si/c1-26(2,3)33(23-14-10-8-11-15-23,24-16-12-9-13-17-24)32-22(20-25(29)28(5)31-7)21-27(4)18-19-30-6/h8-17,22H,18-21H2,1-7H3/t22-/m1/s1. The molecule has 0 aliphatic heterocycles. The van der Waals surface area contributed by atoms with Crippen molar-refractivity contribution in [2.75, 3.05) is 48.0 Å². The van der Waals surface area contributed by atoms with Crippen LogP contribution in [-0.4, -0.2) is 78.3 Å². The third-order valence-corrected chi connectivity index (χ3v) is 11.1. The van der Waals surface area contributed by atoms with E-state index in [1.165, 1.54) is 22.5 Å². The zero-order chi connectivity index (χ0) is 24.5. The molecule has 7 heteroatoms. The number of likely N-dealkylation sites (N-methyl/N-ethyl adjacent to an activating group) is 1. The Morgan fingerprint density at radius 1 is 0.939 bits per heavy atom. The molecule has 0 spiro atoms. The highest BCUT2D eigenvalue weighted by Gasteiger charge is 2.51. The molecule has 2 rings (SSSR count). The van der Waals surface area contributed by atoms with Gasteiger partial charge in [0.25, 0.3) is 8.32 Å². The molecule has 1 amide bonds. The first-order valence-electron chi connectivity index (χ1n) is 11.4. The molecule has 0 N–H and O–H groups in total. The van der Waals surface area contributed by atoms with Crippen LogP contribution in [-0.2, 0) is 18.8 Å². The summed E-state index contributed by atoms with van der Waals surface area (Å²) in [6, 6.07) is 21.0. The van der Waals surface area contributed by atoms with Gasteiger partial charge in [-0.1, -0.05) is 81.4 Å². The molecule has 0 saturated carbocycles. The van der Waals surface area contributed by atoms with Crippen LogP contribution in [0.3, 0.4) is 0 Å². The monoisotopic (exact) mass is 472 g/mol. The minimum Gasteiger partial charge on any atom is -0.403 e. The molecule has 33 heavy (non-hydrogen) atoms. The second-order valence-corrected chi connectivity index (χ2v) is 13.7. The van der Waals surface area contributed by atoms with Gasteiger partial charge in [0.15, 0.2) is 0 Å². The Bertz CT molecular complexity index is 803. The van der Waals surface area contributed by atoms with Crippen molar-refractivity contribution in [3.05, 3.63) is 60.7 Å². The SMILES string of the molecule is COCCN(C)C[C@@H](CC(=O)N(C)OC)O[Si](c1ccccc1)(c1ccccc1)C(C)(C)C. The van der Waals surface area contributed by atoms with Crippen molar-refractivity contribution in [3.8, 4) is 0 Å². The maximum absolute atomic E-state index is 12.9. The van der Waals surface area contributed by atoms with Crippen LogP contribution in [0, 0.1) is 0 Å². The quantitative estimate of drug-likeness (QED) is 0.351. The van der Waals surface area contributed by atoms with Crippen molar-refractivity contribution < 1.29 is 18.8 Å². The maximum atomic E-state index is 12.9. The Labute approximate surface area is 200 Å². The molecule has 182 valence electrons. The van der Waals surface area contributed by atoms with Gasteiger partial charge in [-0.2, -0.15) is 0 Å². The Morgan fingerprint density at radius 3 is 1.88 bits per heavy atom. The molecule has 1 atom stereocenters. The average Bonchev–Trinajstić information content (AvgIpc) is 2.80. The minimum atomic E-state index is -2.79. The van der Waals surface area contributed by atoms with E-state index in [0.29, 0.717) is 13.2 Å². The summed E-state index contributed by atoms with van der Waals surface area (Å²) in [4.78, 5) is 20.2. The summed E-state index contributed by atoms with van der Waals surface area (Å²) in [5.74, 6) is -0.111. The maximum Gasteiger partial charge on any atom is 0.261 e. The fourth-order valence-corrected chi connectivity index (χ4v) is 8.87. The summed E-state index contributed by atoms with van der Waals surface area (Å²) in [5, 5.41) is 3.49. The van der Waals surface area contributed by atoms with E-state index in [1.54, 1.807) is 14.2 Å². The Morgan fingerprint density at radius 2 is 1.45 bits per heavy atom. The van der Waals surface area contributed by atoms with E-state index in [9.17, 15) is 4.79 Å². The van der Waals surface area contributed by atoms with Crippen molar-refractivity contribution >= 4 is 24.6 Å². The van der Waals surface area contributed by atoms with E-state index in [1.807, 2.05) is 19.2 Å². The largest absolute Gasteiger partial charge is 0.403 e. The predicted molar refractivity (Wildman–Crippen MR) is 136 cm³/mol. The number of hydroxylamine groups is 2. The molecule has 0 saturated heterocycles. The number of nitrogens with zero attached hydrogens (tertiary/aromatic N) is 2. The van der Waals surface area contributed by atoms with E-state index in [2.05, 4.69) is 74.2 Å². The minimum absolute atomic E-state index is 0.111. The molecule has 0 aliphatic rings. The molecule has 0 aliphatic carbocycles. The molecule has 0 fully saturated rings. The van der Waals surface area contributed by atoms with Crippen molar-refractivity contribution in [1.29, 1.82) is 0 Å². The molecule has 0 heterocycles. The zero-order valence-electron chi connectivity index (χ0n) is 21.2. The van der Waals surface area contributed by atoms with Gasteiger partial charge in [-0.3, -0.25) is 9.63 Å². The van der Waals surface area contributed by atoms with Crippen LogP contribution in [0.2, 0.25) is 5.04 Å².